The number of benzene rings is 1. The van der Waals surface area contributed by atoms with Crippen LogP contribution in [0.2, 0.25) is 0 Å². The molecule has 1 N–H and O–H groups in total. The van der Waals surface area contributed by atoms with E-state index in [-0.39, 0.29) is 0 Å². The normalized spacial score (nSPS) is 17.2. The van der Waals surface area contributed by atoms with Crippen LogP contribution in [0.15, 0.2) is 24.3 Å². The Kier molecular flexibility index (Phi) is 4.14. The third-order valence-electron chi connectivity index (χ3n) is 5.29. The average molecular weight is 337 g/mol. The van der Waals surface area contributed by atoms with Crippen LogP contribution in [-0.4, -0.2) is 17.8 Å². The van der Waals surface area contributed by atoms with Gasteiger partial charge in [0, 0.05) is 25.3 Å². The smallest absolute Gasteiger partial charge is 0.161 e. The van der Waals surface area contributed by atoms with Crippen molar-refractivity contribution >= 4 is 0 Å². The van der Waals surface area contributed by atoms with E-state index in [9.17, 15) is 5.26 Å². The van der Waals surface area contributed by atoms with E-state index in [1.54, 1.807) is 0 Å². The molecule has 0 amide bonds. The summed E-state index contributed by atoms with van der Waals surface area (Å²) < 4.78 is 13.3. The highest BCUT2D eigenvalue weighted by molar-refractivity contribution is 5.45. The molecule has 2 aromatic rings. The number of ether oxygens (including phenoxy) is 2. The molecule has 1 aromatic heterocycles. The molecule has 0 radical (unpaired) electrons. The van der Waals surface area contributed by atoms with E-state index >= 15 is 0 Å². The molecule has 0 saturated heterocycles. The molecule has 5 heteroatoms. The summed E-state index contributed by atoms with van der Waals surface area (Å²) >= 11 is 0. The summed E-state index contributed by atoms with van der Waals surface area (Å²) in [5.74, 6) is 2.35. The SMILES string of the molecule is Cc1c(CN[C@@H](c2ccc3c(c2)OCCO3)C2CC2)cc(C#N)n1C. The molecule has 25 heavy (non-hydrogen) atoms. The van der Waals surface area contributed by atoms with E-state index < -0.39 is 0 Å². The van der Waals surface area contributed by atoms with Crippen LogP contribution in [0.3, 0.4) is 0 Å². The fraction of sp³-hybridized carbons (Fsp3) is 0.450. The third kappa shape index (κ3) is 3.10. The zero-order valence-electron chi connectivity index (χ0n) is 14.7. The van der Waals surface area contributed by atoms with Crippen molar-refractivity contribution in [1.29, 1.82) is 5.26 Å². The van der Waals surface area contributed by atoms with Gasteiger partial charge >= 0.3 is 0 Å². The van der Waals surface area contributed by atoms with Gasteiger partial charge in [-0.15, -0.1) is 0 Å². The lowest BCUT2D eigenvalue weighted by Gasteiger charge is -2.23. The van der Waals surface area contributed by atoms with Crippen LogP contribution in [0.5, 0.6) is 11.5 Å². The Morgan fingerprint density at radius 2 is 2.00 bits per heavy atom. The fourth-order valence-corrected chi connectivity index (χ4v) is 3.51. The highest BCUT2D eigenvalue weighted by Crippen LogP contribution is 2.43. The maximum absolute atomic E-state index is 9.21. The zero-order valence-corrected chi connectivity index (χ0v) is 14.7. The van der Waals surface area contributed by atoms with Gasteiger partial charge in [0.25, 0.3) is 0 Å². The summed E-state index contributed by atoms with van der Waals surface area (Å²) in [6, 6.07) is 10.8. The minimum absolute atomic E-state index is 0.306. The van der Waals surface area contributed by atoms with E-state index in [4.69, 9.17) is 9.47 Å². The van der Waals surface area contributed by atoms with E-state index in [1.807, 2.05) is 23.7 Å². The summed E-state index contributed by atoms with van der Waals surface area (Å²) in [6.07, 6.45) is 2.51. The first-order chi connectivity index (χ1) is 12.2. The monoisotopic (exact) mass is 337 g/mol. The Bertz CT molecular complexity index is 830. The molecular weight excluding hydrogens is 314 g/mol. The Morgan fingerprint density at radius 3 is 2.68 bits per heavy atom. The minimum Gasteiger partial charge on any atom is -0.486 e. The highest BCUT2D eigenvalue weighted by Gasteiger charge is 2.33. The van der Waals surface area contributed by atoms with E-state index in [2.05, 4.69) is 30.4 Å². The number of nitriles is 1. The van der Waals surface area contributed by atoms with Crippen molar-refractivity contribution in [1.82, 2.24) is 9.88 Å². The number of rotatable bonds is 5. The van der Waals surface area contributed by atoms with Gasteiger partial charge in [-0.25, -0.2) is 0 Å². The lowest BCUT2D eigenvalue weighted by atomic mass is 10.0. The maximum Gasteiger partial charge on any atom is 0.161 e. The first kappa shape index (κ1) is 16.0. The van der Waals surface area contributed by atoms with Gasteiger partial charge in [-0.2, -0.15) is 5.26 Å². The summed E-state index contributed by atoms with van der Waals surface area (Å²) in [6.45, 7) is 4.05. The molecule has 0 unspecified atom stereocenters. The van der Waals surface area contributed by atoms with Crippen LogP contribution in [0.4, 0.5) is 0 Å². The number of aromatic nitrogens is 1. The largest absolute Gasteiger partial charge is 0.486 e. The lowest BCUT2D eigenvalue weighted by molar-refractivity contribution is 0.171. The topological polar surface area (TPSA) is 59.2 Å². The van der Waals surface area contributed by atoms with Gasteiger partial charge in [0.15, 0.2) is 11.5 Å². The van der Waals surface area contributed by atoms with E-state index in [1.165, 1.54) is 24.0 Å². The molecule has 2 heterocycles. The molecule has 2 aliphatic rings. The third-order valence-corrected chi connectivity index (χ3v) is 5.29. The summed E-state index contributed by atoms with van der Waals surface area (Å²) in [5, 5.41) is 12.9. The predicted molar refractivity (Wildman–Crippen MR) is 94.6 cm³/mol. The quantitative estimate of drug-likeness (QED) is 0.910. The lowest BCUT2D eigenvalue weighted by Crippen LogP contribution is -2.23. The number of hydrogen-bond acceptors (Lipinski definition) is 4. The molecular formula is C20H23N3O2. The molecule has 1 saturated carbocycles. The van der Waals surface area contributed by atoms with Crippen LogP contribution in [0, 0.1) is 24.2 Å². The fourth-order valence-electron chi connectivity index (χ4n) is 3.51. The van der Waals surface area contributed by atoms with Crippen LogP contribution >= 0.6 is 0 Å². The van der Waals surface area contributed by atoms with Gasteiger partial charge in [-0.1, -0.05) is 6.07 Å². The first-order valence-corrected chi connectivity index (χ1v) is 8.85. The van der Waals surface area contributed by atoms with Crippen LogP contribution in [-0.2, 0) is 13.6 Å². The molecule has 0 spiro atoms. The second-order valence-corrected chi connectivity index (χ2v) is 6.91. The predicted octanol–water partition coefficient (Wildman–Crippen LogP) is 3.22. The highest BCUT2D eigenvalue weighted by atomic mass is 16.6. The van der Waals surface area contributed by atoms with Gasteiger partial charge in [0.05, 0.1) is 0 Å². The summed E-state index contributed by atoms with van der Waals surface area (Å²) in [4.78, 5) is 0. The molecule has 1 aliphatic heterocycles. The van der Waals surface area contributed by atoms with Crippen molar-refractivity contribution in [3.8, 4) is 17.6 Å². The minimum atomic E-state index is 0.306. The molecule has 5 nitrogen and oxygen atoms in total. The van der Waals surface area contributed by atoms with E-state index in [0.29, 0.717) is 30.9 Å². The van der Waals surface area contributed by atoms with Gasteiger partial charge < -0.3 is 19.4 Å². The van der Waals surface area contributed by atoms with E-state index in [0.717, 1.165) is 23.7 Å². The van der Waals surface area contributed by atoms with Gasteiger partial charge in [0.2, 0.25) is 0 Å². The second kappa shape index (κ2) is 6.45. The Balaban J connectivity index is 1.54. The summed E-state index contributed by atoms with van der Waals surface area (Å²) in [7, 11) is 1.94. The molecule has 0 bridgehead atoms. The van der Waals surface area contributed by atoms with Crippen molar-refractivity contribution in [3.63, 3.8) is 0 Å². The van der Waals surface area contributed by atoms with Gasteiger partial charge in [-0.05, 0) is 55.0 Å². The van der Waals surface area contributed by atoms with Crippen molar-refractivity contribution in [2.24, 2.45) is 13.0 Å². The number of nitrogens with zero attached hydrogens (tertiary/aromatic N) is 2. The maximum atomic E-state index is 9.21. The Morgan fingerprint density at radius 1 is 1.24 bits per heavy atom. The standard InChI is InChI=1S/C20H23N3O2/c1-13-16(9-17(11-21)23(13)2)12-22-20(14-3-4-14)15-5-6-18-19(10-15)25-8-7-24-18/h5-6,9-10,14,20,22H,3-4,7-8,12H2,1-2H3/t20-/m1/s1. The number of fused-ring (bicyclic) bond motifs is 1. The molecule has 4 rings (SSSR count). The average Bonchev–Trinajstić information content (AvgIpc) is 3.44. The molecule has 1 aliphatic carbocycles. The Hall–Kier alpha value is -2.45. The molecule has 1 aromatic carbocycles. The van der Waals surface area contributed by atoms with Crippen molar-refractivity contribution < 1.29 is 9.47 Å². The molecule has 130 valence electrons. The van der Waals surface area contributed by atoms with Crippen molar-refractivity contribution in [2.45, 2.75) is 32.4 Å². The zero-order chi connectivity index (χ0) is 17.4. The first-order valence-electron chi connectivity index (χ1n) is 8.85. The van der Waals surface area contributed by atoms with Gasteiger partial charge in [-0.3, -0.25) is 0 Å². The van der Waals surface area contributed by atoms with Crippen molar-refractivity contribution in [3.05, 3.63) is 46.8 Å². The summed E-state index contributed by atoms with van der Waals surface area (Å²) in [5.41, 5.74) is 4.28. The second-order valence-electron chi connectivity index (χ2n) is 6.91. The van der Waals surface area contributed by atoms with Crippen molar-refractivity contribution in [2.75, 3.05) is 13.2 Å². The van der Waals surface area contributed by atoms with Gasteiger partial charge in [0.1, 0.15) is 25.0 Å². The molecule has 1 fully saturated rings. The van der Waals surface area contributed by atoms with Crippen LogP contribution in [0.1, 0.15) is 41.4 Å². The van der Waals surface area contributed by atoms with Crippen LogP contribution < -0.4 is 14.8 Å². The number of hydrogen-bond donors (Lipinski definition) is 1. The van der Waals surface area contributed by atoms with Crippen LogP contribution in [0.25, 0.3) is 0 Å². The Labute approximate surface area is 148 Å². The molecule has 1 atom stereocenters. The number of nitrogens with one attached hydrogen (secondary N) is 1.